The lowest BCUT2D eigenvalue weighted by atomic mass is 10.2. The summed E-state index contributed by atoms with van der Waals surface area (Å²) in [4.78, 5) is 11.7. The highest BCUT2D eigenvalue weighted by atomic mass is 32.2. The Balaban J connectivity index is 1.97. The van der Waals surface area contributed by atoms with E-state index in [1.807, 2.05) is 0 Å². The maximum Gasteiger partial charge on any atom is 0.235 e. The molecule has 0 bridgehead atoms. The van der Waals surface area contributed by atoms with Crippen LogP contribution in [0, 0.1) is 0 Å². The van der Waals surface area contributed by atoms with Gasteiger partial charge in [0.2, 0.25) is 15.9 Å². The summed E-state index contributed by atoms with van der Waals surface area (Å²) >= 11 is 0. The van der Waals surface area contributed by atoms with Gasteiger partial charge in [-0.15, -0.1) is 0 Å². The molecular weight excluding hydrogens is 292 g/mol. The lowest BCUT2D eigenvalue weighted by Crippen LogP contribution is -2.39. The summed E-state index contributed by atoms with van der Waals surface area (Å²) in [6.07, 6.45) is 1.96. The van der Waals surface area contributed by atoms with Gasteiger partial charge in [0.15, 0.2) is 0 Å². The second kappa shape index (κ2) is 6.44. The van der Waals surface area contributed by atoms with Gasteiger partial charge in [-0.3, -0.25) is 4.79 Å². The zero-order chi connectivity index (χ0) is 15.5. The van der Waals surface area contributed by atoms with Crippen LogP contribution in [-0.4, -0.2) is 45.4 Å². The van der Waals surface area contributed by atoms with E-state index in [-0.39, 0.29) is 24.2 Å². The van der Waals surface area contributed by atoms with Gasteiger partial charge in [0, 0.05) is 13.1 Å². The Morgan fingerprint density at radius 2 is 2.14 bits per heavy atom. The van der Waals surface area contributed by atoms with Crippen LogP contribution in [0.5, 0.6) is 5.75 Å². The molecule has 0 aliphatic heterocycles. The molecule has 7 heteroatoms. The Bertz CT molecular complexity index is 611. The smallest absolute Gasteiger partial charge is 0.235 e. The molecule has 1 aromatic carbocycles. The van der Waals surface area contributed by atoms with Gasteiger partial charge in [0.05, 0.1) is 19.4 Å². The Kier molecular flexibility index (Phi) is 4.84. The topological polar surface area (TPSA) is 75.7 Å². The molecule has 0 atom stereocenters. The molecule has 1 amide bonds. The van der Waals surface area contributed by atoms with E-state index < -0.39 is 10.0 Å². The predicted octanol–water partition coefficient (Wildman–Crippen LogP) is 0.735. The van der Waals surface area contributed by atoms with E-state index in [2.05, 4.69) is 5.32 Å². The van der Waals surface area contributed by atoms with Crippen LogP contribution in [0.4, 0.5) is 0 Å². The molecule has 0 spiro atoms. The number of carbonyl (C=O) groups excluding carboxylic acids is 1. The first kappa shape index (κ1) is 15.8. The quantitative estimate of drug-likeness (QED) is 0.805. The molecule has 0 saturated heterocycles. The maximum absolute atomic E-state index is 12.2. The molecule has 0 heterocycles. The first-order chi connectivity index (χ1) is 9.90. The van der Waals surface area contributed by atoms with Gasteiger partial charge in [0.1, 0.15) is 5.75 Å². The van der Waals surface area contributed by atoms with Crippen molar-refractivity contribution >= 4 is 15.9 Å². The second-order valence-corrected chi connectivity index (χ2v) is 7.28. The number of hydrogen-bond acceptors (Lipinski definition) is 4. The molecule has 0 aromatic heterocycles. The highest BCUT2D eigenvalue weighted by Gasteiger charge is 2.26. The maximum atomic E-state index is 12.2. The molecule has 21 heavy (non-hydrogen) atoms. The summed E-state index contributed by atoms with van der Waals surface area (Å²) in [7, 11) is -0.583. The van der Waals surface area contributed by atoms with E-state index in [0.29, 0.717) is 11.3 Å². The third-order valence-corrected chi connectivity index (χ3v) is 5.04. The predicted molar refractivity (Wildman–Crippen MR) is 79.4 cm³/mol. The molecule has 116 valence electrons. The van der Waals surface area contributed by atoms with Crippen molar-refractivity contribution in [2.24, 2.45) is 0 Å². The van der Waals surface area contributed by atoms with Gasteiger partial charge in [-0.05, 0) is 30.5 Å². The molecular formula is C14H20N2O4S. The monoisotopic (exact) mass is 312 g/mol. The highest BCUT2D eigenvalue weighted by Crippen LogP contribution is 2.19. The third kappa shape index (κ3) is 4.71. The van der Waals surface area contributed by atoms with Crippen molar-refractivity contribution in [3.63, 3.8) is 0 Å². The number of benzene rings is 1. The van der Waals surface area contributed by atoms with Gasteiger partial charge in [-0.2, -0.15) is 4.31 Å². The van der Waals surface area contributed by atoms with Crippen molar-refractivity contribution in [3.8, 4) is 5.75 Å². The number of nitrogens with zero attached hydrogens (tertiary/aromatic N) is 1. The van der Waals surface area contributed by atoms with Gasteiger partial charge in [-0.25, -0.2) is 8.42 Å². The summed E-state index contributed by atoms with van der Waals surface area (Å²) < 4.78 is 30.6. The lowest BCUT2D eigenvalue weighted by molar-refractivity contribution is -0.121. The summed E-state index contributed by atoms with van der Waals surface area (Å²) in [6.45, 7) is -0.150. The van der Waals surface area contributed by atoms with Gasteiger partial charge in [-0.1, -0.05) is 12.1 Å². The summed E-state index contributed by atoms with van der Waals surface area (Å²) in [5.74, 6) is 0.197. The van der Waals surface area contributed by atoms with Crippen LogP contribution in [0.3, 0.4) is 0 Å². The fourth-order valence-corrected chi connectivity index (χ4v) is 3.02. The lowest BCUT2D eigenvalue weighted by Gasteiger charge is -2.17. The normalized spacial score (nSPS) is 15.0. The van der Waals surface area contributed by atoms with Crippen molar-refractivity contribution in [3.05, 3.63) is 29.8 Å². The molecule has 0 radical (unpaired) electrons. The van der Waals surface area contributed by atoms with Gasteiger partial charge in [0.25, 0.3) is 0 Å². The number of nitrogens with one attached hydrogen (secondary N) is 1. The summed E-state index contributed by atoms with van der Waals surface area (Å²) in [6, 6.07) is 7.12. The van der Waals surface area contributed by atoms with Crippen molar-refractivity contribution in [1.82, 2.24) is 9.62 Å². The van der Waals surface area contributed by atoms with E-state index in [1.54, 1.807) is 24.3 Å². The number of sulfonamides is 1. The SMILES string of the molecule is COc1cccc(CS(=O)(=O)N(C)CC(=O)NC2CC2)c1. The van der Waals surface area contributed by atoms with Crippen molar-refractivity contribution in [2.75, 3.05) is 20.7 Å². The number of methoxy groups -OCH3 is 1. The Labute approximate surface area is 125 Å². The number of rotatable bonds is 7. The van der Waals surface area contributed by atoms with Crippen LogP contribution >= 0.6 is 0 Å². The van der Waals surface area contributed by atoms with Crippen LogP contribution in [0.2, 0.25) is 0 Å². The number of amides is 1. The summed E-state index contributed by atoms with van der Waals surface area (Å²) in [5.41, 5.74) is 0.629. The molecule has 1 saturated carbocycles. The zero-order valence-electron chi connectivity index (χ0n) is 12.2. The van der Waals surface area contributed by atoms with E-state index in [9.17, 15) is 13.2 Å². The zero-order valence-corrected chi connectivity index (χ0v) is 13.0. The van der Waals surface area contributed by atoms with Crippen molar-refractivity contribution < 1.29 is 17.9 Å². The minimum absolute atomic E-state index is 0.150. The number of hydrogen-bond donors (Lipinski definition) is 1. The standard InChI is InChI=1S/C14H20N2O4S/c1-16(9-14(17)15-12-6-7-12)21(18,19)10-11-4-3-5-13(8-11)20-2/h3-5,8,12H,6-7,9-10H2,1-2H3,(H,15,17). The van der Waals surface area contributed by atoms with Gasteiger partial charge >= 0.3 is 0 Å². The molecule has 6 nitrogen and oxygen atoms in total. The van der Waals surface area contributed by atoms with Crippen molar-refractivity contribution in [1.29, 1.82) is 0 Å². The molecule has 0 unspecified atom stereocenters. The van der Waals surface area contributed by atoms with Crippen LogP contribution in [0.1, 0.15) is 18.4 Å². The third-order valence-electron chi connectivity index (χ3n) is 3.27. The molecule has 1 aliphatic carbocycles. The van der Waals surface area contributed by atoms with E-state index in [1.165, 1.54) is 14.2 Å². The van der Waals surface area contributed by atoms with Crippen LogP contribution < -0.4 is 10.1 Å². The fourth-order valence-electron chi connectivity index (χ4n) is 1.88. The average molecular weight is 312 g/mol. The Hall–Kier alpha value is -1.60. The largest absolute Gasteiger partial charge is 0.497 e. The first-order valence-electron chi connectivity index (χ1n) is 6.77. The van der Waals surface area contributed by atoms with Gasteiger partial charge < -0.3 is 10.1 Å². The van der Waals surface area contributed by atoms with Crippen LogP contribution in [-0.2, 0) is 20.6 Å². The van der Waals surface area contributed by atoms with E-state index in [0.717, 1.165) is 17.1 Å². The molecule has 1 aliphatic rings. The number of carbonyl (C=O) groups is 1. The van der Waals surface area contributed by atoms with E-state index >= 15 is 0 Å². The average Bonchev–Trinajstić information content (AvgIpc) is 3.22. The van der Waals surface area contributed by atoms with Crippen LogP contribution in [0.15, 0.2) is 24.3 Å². The number of likely N-dealkylation sites (N-methyl/N-ethyl adjacent to an activating group) is 1. The second-order valence-electron chi connectivity index (χ2n) is 5.21. The molecule has 1 aromatic rings. The minimum atomic E-state index is -3.53. The van der Waals surface area contributed by atoms with E-state index in [4.69, 9.17) is 4.74 Å². The molecule has 1 N–H and O–H groups in total. The Morgan fingerprint density at radius 3 is 2.76 bits per heavy atom. The molecule has 1 fully saturated rings. The van der Waals surface area contributed by atoms with Crippen molar-refractivity contribution in [2.45, 2.75) is 24.6 Å². The van der Waals surface area contributed by atoms with Crippen LogP contribution in [0.25, 0.3) is 0 Å². The highest BCUT2D eigenvalue weighted by molar-refractivity contribution is 7.88. The first-order valence-corrected chi connectivity index (χ1v) is 8.38. The number of ether oxygens (including phenoxy) is 1. The Morgan fingerprint density at radius 1 is 1.43 bits per heavy atom. The summed E-state index contributed by atoms with van der Waals surface area (Å²) in [5, 5.41) is 2.77. The fraction of sp³-hybridized carbons (Fsp3) is 0.500. The minimum Gasteiger partial charge on any atom is -0.497 e. The molecule has 2 rings (SSSR count).